The Kier molecular flexibility index (Phi) is 1.89. The normalized spacial score (nSPS) is 37.2. The van der Waals surface area contributed by atoms with Crippen molar-refractivity contribution in [3.05, 3.63) is 35.9 Å². The quantitative estimate of drug-likeness (QED) is 0.690. The first-order chi connectivity index (χ1) is 7.54. The van der Waals surface area contributed by atoms with Gasteiger partial charge in [0.05, 0.1) is 6.61 Å². The molecular weight excluding hydrogens is 221 g/mol. The molecule has 2 fully saturated rings. The number of epoxide rings is 1. The van der Waals surface area contributed by atoms with Gasteiger partial charge in [-0.2, -0.15) is 13.2 Å². The van der Waals surface area contributed by atoms with Crippen molar-refractivity contribution in [2.24, 2.45) is 0 Å². The maximum atomic E-state index is 12.5. The number of halogens is 3. The molecule has 2 aliphatic heterocycles. The minimum Gasteiger partial charge on any atom is -0.362 e. The van der Waals surface area contributed by atoms with Crippen LogP contribution in [0.2, 0.25) is 0 Å². The van der Waals surface area contributed by atoms with Crippen LogP contribution in [0.25, 0.3) is 0 Å². The fourth-order valence-corrected chi connectivity index (χ4v) is 2.22. The van der Waals surface area contributed by atoms with E-state index in [1.54, 1.807) is 24.3 Å². The largest absolute Gasteiger partial charge is 0.417 e. The summed E-state index contributed by atoms with van der Waals surface area (Å²) in [5.41, 5.74) is -0.103. The van der Waals surface area contributed by atoms with Crippen molar-refractivity contribution in [3.8, 4) is 0 Å². The van der Waals surface area contributed by atoms with Gasteiger partial charge in [-0.25, -0.2) is 0 Å². The Morgan fingerprint density at radius 1 is 1.19 bits per heavy atom. The van der Waals surface area contributed by atoms with Gasteiger partial charge in [-0.05, 0) is 5.56 Å². The number of benzene rings is 1. The number of ether oxygens (including phenoxy) is 2. The summed E-state index contributed by atoms with van der Waals surface area (Å²) in [6.45, 7) is -0.0220. The fraction of sp³-hybridized carbons (Fsp3) is 0.455. The maximum absolute atomic E-state index is 12.5. The molecule has 16 heavy (non-hydrogen) atoms. The first-order valence-corrected chi connectivity index (χ1v) is 4.96. The molecule has 2 aliphatic rings. The molecule has 0 aromatic heterocycles. The van der Waals surface area contributed by atoms with Crippen LogP contribution in [0, 0.1) is 0 Å². The van der Waals surface area contributed by atoms with E-state index in [1.165, 1.54) is 0 Å². The molecule has 3 rings (SSSR count). The third-order valence-electron chi connectivity index (χ3n) is 3.08. The van der Waals surface area contributed by atoms with Crippen LogP contribution >= 0.6 is 0 Å². The minimum atomic E-state index is -4.35. The summed E-state index contributed by atoms with van der Waals surface area (Å²) in [6.07, 6.45) is -7.01. The van der Waals surface area contributed by atoms with Gasteiger partial charge in [-0.3, -0.25) is 0 Å². The second kappa shape index (κ2) is 2.99. The van der Waals surface area contributed by atoms with E-state index < -0.39 is 24.0 Å². The molecule has 2 heterocycles. The molecule has 86 valence electrons. The molecule has 0 bridgehead atoms. The monoisotopic (exact) mass is 230 g/mol. The number of hydrogen-bond acceptors (Lipinski definition) is 2. The zero-order valence-corrected chi connectivity index (χ0v) is 8.20. The molecule has 1 aromatic carbocycles. The van der Waals surface area contributed by atoms with Crippen LogP contribution in [0.15, 0.2) is 30.3 Å². The van der Waals surface area contributed by atoms with E-state index in [0.29, 0.717) is 0 Å². The highest BCUT2D eigenvalue weighted by Crippen LogP contribution is 2.56. The molecule has 0 spiro atoms. The Labute approximate surface area is 90.0 Å². The lowest BCUT2D eigenvalue weighted by Gasteiger charge is -2.14. The Hall–Kier alpha value is -1.07. The Bertz CT molecular complexity index is 403. The Balaban J connectivity index is 1.87. The van der Waals surface area contributed by atoms with Crippen LogP contribution in [0.4, 0.5) is 13.2 Å². The summed E-state index contributed by atoms with van der Waals surface area (Å²) >= 11 is 0. The lowest BCUT2D eigenvalue weighted by Crippen LogP contribution is -2.33. The van der Waals surface area contributed by atoms with Crippen molar-refractivity contribution in [3.63, 3.8) is 0 Å². The summed E-state index contributed by atoms with van der Waals surface area (Å²) in [4.78, 5) is 0. The fourth-order valence-electron chi connectivity index (χ4n) is 2.22. The van der Waals surface area contributed by atoms with Gasteiger partial charge in [0.15, 0.2) is 6.10 Å². The highest BCUT2D eigenvalue weighted by Gasteiger charge is 2.72. The van der Waals surface area contributed by atoms with Crippen molar-refractivity contribution in [2.45, 2.75) is 24.0 Å². The van der Waals surface area contributed by atoms with Crippen LogP contribution in [0.3, 0.4) is 0 Å². The molecule has 0 unspecified atom stereocenters. The van der Waals surface area contributed by atoms with E-state index in [4.69, 9.17) is 9.47 Å². The van der Waals surface area contributed by atoms with Gasteiger partial charge in [-0.15, -0.1) is 0 Å². The number of alkyl halides is 3. The molecular formula is C11H9F3O2. The van der Waals surface area contributed by atoms with Gasteiger partial charge in [0.2, 0.25) is 0 Å². The highest BCUT2D eigenvalue weighted by atomic mass is 19.4. The average molecular weight is 230 g/mol. The van der Waals surface area contributed by atoms with Crippen molar-refractivity contribution in [1.29, 1.82) is 0 Å². The van der Waals surface area contributed by atoms with Gasteiger partial charge in [0.25, 0.3) is 0 Å². The molecule has 0 aliphatic carbocycles. The molecule has 1 aromatic rings. The van der Waals surface area contributed by atoms with Gasteiger partial charge in [0.1, 0.15) is 11.7 Å². The van der Waals surface area contributed by atoms with E-state index in [1.807, 2.05) is 6.07 Å². The zero-order valence-electron chi connectivity index (χ0n) is 8.20. The second-order valence-corrected chi connectivity index (χ2v) is 4.07. The van der Waals surface area contributed by atoms with Crippen molar-refractivity contribution >= 4 is 0 Å². The van der Waals surface area contributed by atoms with Crippen molar-refractivity contribution in [1.82, 2.24) is 0 Å². The van der Waals surface area contributed by atoms with E-state index in [0.717, 1.165) is 5.56 Å². The van der Waals surface area contributed by atoms with E-state index >= 15 is 0 Å². The standard InChI is InChI=1S/C11H9F3O2/c12-11(13,14)9-8-10(16-8,6-15-9)7-4-2-1-3-5-7/h1-5,8-9H,6H2/t8-,9-,10-/m1/s1. The Morgan fingerprint density at radius 3 is 2.38 bits per heavy atom. The molecule has 5 heteroatoms. The number of fused-ring (bicyclic) bond motifs is 1. The summed E-state index contributed by atoms with van der Waals surface area (Å²) in [6, 6.07) is 8.91. The third kappa shape index (κ3) is 1.28. The maximum Gasteiger partial charge on any atom is 0.417 e. The third-order valence-corrected chi connectivity index (χ3v) is 3.08. The van der Waals surface area contributed by atoms with Crippen LogP contribution in [0.5, 0.6) is 0 Å². The van der Waals surface area contributed by atoms with E-state index in [-0.39, 0.29) is 6.61 Å². The summed E-state index contributed by atoms with van der Waals surface area (Å²) in [5, 5.41) is 0. The van der Waals surface area contributed by atoms with Gasteiger partial charge < -0.3 is 9.47 Å². The first-order valence-electron chi connectivity index (χ1n) is 4.96. The summed E-state index contributed by atoms with van der Waals surface area (Å²) in [5.74, 6) is 0. The van der Waals surface area contributed by atoms with E-state index in [2.05, 4.69) is 0 Å². The van der Waals surface area contributed by atoms with Crippen molar-refractivity contribution < 1.29 is 22.6 Å². The Morgan fingerprint density at radius 2 is 1.88 bits per heavy atom. The molecule has 3 atom stereocenters. The topological polar surface area (TPSA) is 21.8 Å². The molecule has 2 nitrogen and oxygen atoms in total. The minimum absolute atomic E-state index is 0.0220. The number of hydrogen-bond donors (Lipinski definition) is 0. The predicted molar refractivity (Wildman–Crippen MR) is 48.8 cm³/mol. The average Bonchev–Trinajstić information content (AvgIpc) is 2.84. The SMILES string of the molecule is FC(F)(F)[C@@H]1OC[C@]2(c3ccccc3)O[C@H]12. The lowest BCUT2D eigenvalue weighted by molar-refractivity contribution is -0.222. The summed E-state index contributed by atoms with van der Waals surface area (Å²) < 4.78 is 47.6. The molecule has 0 saturated carbocycles. The molecule has 0 amide bonds. The van der Waals surface area contributed by atoms with E-state index in [9.17, 15) is 13.2 Å². The van der Waals surface area contributed by atoms with Crippen LogP contribution in [-0.2, 0) is 15.1 Å². The van der Waals surface area contributed by atoms with Crippen LogP contribution in [-0.4, -0.2) is 25.0 Å². The predicted octanol–water partition coefficient (Wildman–Crippen LogP) is 2.24. The zero-order chi connectivity index (χ0) is 11.4. The van der Waals surface area contributed by atoms with Crippen LogP contribution in [0.1, 0.15) is 5.56 Å². The van der Waals surface area contributed by atoms with Gasteiger partial charge in [0, 0.05) is 0 Å². The lowest BCUT2D eigenvalue weighted by atomic mass is 9.96. The summed E-state index contributed by atoms with van der Waals surface area (Å²) in [7, 11) is 0. The van der Waals surface area contributed by atoms with Crippen molar-refractivity contribution in [2.75, 3.05) is 6.61 Å². The highest BCUT2D eigenvalue weighted by molar-refractivity contribution is 5.32. The first kappa shape index (κ1) is 10.1. The molecule has 2 saturated heterocycles. The number of rotatable bonds is 1. The van der Waals surface area contributed by atoms with Gasteiger partial charge >= 0.3 is 6.18 Å². The second-order valence-electron chi connectivity index (χ2n) is 4.07. The smallest absolute Gasteiger partial charge is 0.362 e. The molecule has 0 radical (unpaired) electrons. The molecule has 0 N–H and O–H groups in total. The van der Waals surface area contributed by atoms with Crippen LogP contribution < -0.4 is 0 Å². The van der Waals surface area contributed by atoms with Gasteiger partial charge in [-0.1, -0.05) is 30.3 Å².